The molecular weight excluding hydrogens is 269 g/mol. The van der Waals surface area contributed by atoms with Gasteiger partial charge >= 0.3 is 12.1 Å². The van der Waals surface area contributed by atoms with Crippen molar-refractivity contribution in [1.82, 2.24) is 0 Å². The van der Waals surface area contributed by atoms with Crippen molar-refractivity contribution in [2.45, 2.75) is 18.5 Å². The number of halogens is 3. The summed E-state index contributed by atoms with van der Waals surface area (Å²) in [6.45, 7) is 1.01. The van der Waals surface area contributed by atoms with Crippen LogP contribution in [0.1, 0.15) is 12.5 Å². The first-order valence-electron chi connectivity index (χ1n) is 5.98. The largest absolute Gasteiger partial charge is 0.480 e. The molecule has 0 amide bonds. The minimum absolute atomic E-state index is 0.421. The summed E-state index contributed by atoms with van der Waals surface area (Å²) in [5.74, 6) is -1.21. The quantitative estimate of drug-likeness (QED) is 0.840. The molecule has 0 unspecified atom stereocenters. The summed E-state index contributed by atoms with van der Waals surface area (Å²) in [6, 6.07) is 8.19. The van der Waals surface area contributed by atoms with Gasteiger partial charge in [-0.15, -0.1) is 0 Å². The Balaban J connectivity index is 2.50. The van der Waals surface area contributed by atoms with E-state index in [2.05, 4.69) is 0 Å². The SMILES string of the molecule is CC1(C(F)(F)F)C=CC(C(=O)O)(c2ccccc2)C=C1. The van der Waals surface area contributed by atoms with Crippen LogP contribution < -0.4 is 0 Å². The van der Waals surface area contributed by atoms with Crippen molar-refractivity contribution in [2.75, 3.05) is 0 Å². The number of carbonyl (C=O) groups is 1. The molecule has 1 N–H and O–H groups in total. The number of aliphatic carboxylic acids is 1. The summed E-state index contributed by atoms with van der Waals surface area (Å²) < 4.78 is 38.8. The number of hydrogen-bond acceptors (Lipinski definition) is 1. The number of hydrogen-bond donors (Lipinski definition) is 1. The highest BCUT2D eigenvalue weighted by Crippen LogP contribution is 2.45. The molecule has 0 saturated carbocycles. The van der Waals surface area contributed by atoms with E-state index in [1.54, 1.807) is 30.3 Å². The predicted octanol–water partition coefficient (Wildman–Crippen LogP) is 3.70. The fraction of sp³-hybridized carbons (Fsp3) is 0.267. The maximum Gasteiger partial charge on any atom is 0.400 e. The first kappa shape index (κ1) is 14.4. The van der Waals surface area contributed by atoms with Gasteiger partial charge in [0.25, 0.3) is 0 Å². The zero-order valence-electron chi connectivity index (χ0n) is 10.7. The third kappa shape index (κ3) is 2.13. The van der Waals surface area contributed by atoms with E-state index in [0.29, 0.717) is 5.56 Å². The molecule has 0 bridgehead atoms. The number of rotatable bonds is 2. The molecule has 0 aromatic heterocycles. The average molecular weight is 282 g/mol. The van der Waals surface area contributed by atoms with Crippen LogP contribution in [-0.4, -0.2) is 17.3 Å². The Morgan fingerprint density at radius 3 is 1.95 bits per heavy atom. The van der Waals surface area contributed by atoms with Crippen LogP contribution in [0.15, 0.2) is 54.6 Å². The number of alkyl halides is 3. The van der Waals surface area contributed by atoms with Gasteiger partial charge in [-0.1, -0.05) is 54.6 Å². The lowest BCUT2D eigenvalue weighted by molar-refractivity contribution is -0.184. The lowest BCUT2D eigenvalue weighted by Gasteiger charge is -2.33. The van der Waals surface area contributed by atoms with E-state index >= 15 is 0 Å². The summed E-state index contributed by atoms with van der Waals surface area (Å²) in [7, 11) is 0. The van der Waals surface area contributed by atoms with Gasteiger partial charge in [-0.05, 0) is 12.5 Å². The second-order valence-electron chi connectivity index (χ2n) is 4.99. The highest BCUT2D eigenvalue weighted by Gasteiger charge is 2.51. The molecule has 0 saturated heterocycles. The van der Waals surface area contributed by atoms with Crippen LogP contribution in [0, 0.1) is 5.41 Å². The number of allylic oxidation sites excluding steroid dienone is 2. The molecule has 0 aliphatic heterocycles. The van der Waals surface area contributed by atoms with Gasteiger partial charge in [-0.2, -0.15) is 13.2 Å². The maximum absolute atomic E-state index is 12.9. The van der Waals surface area contributed by atoms with Gasteiger partial charge in [0.2, 0.25) is 0 Å². The molecule has 0 spiro atoms. The van der Waals surface area contributed by atoms with Crippen molar-refractivity contribution >= 4 is 5.97 Å². The van der Waals surface area contributed by atoms with E-state index in [4.69, 9.17) is 0 Å². The molecule has 1 aliphatic carbocycles. The van der Waals surface area contributed by atoms with Gasteiger partial charge in [0.05, 0.1) is 5.41 Å². The summed E-state index contributed by atoms with van der Waals surface area (Å²) in [4.78, 5) is 11.6. The van der Waals surface area contributed by atoms with Gasteiger partial charge < -0.3 is 5.11 Å². The highest BCUT2D eigenvalue weighted by atomic mass is 19.4. The van der Waals surface area contributed by atoms with Gasteiger partial charge in [0.1, 0.15) is 5.41 Å². The third-order valence-electron chi connectivity index (χ3n) is 3.60. The summed E-state index contributed by atoms with van der Waals surface area (Å²) >= 11 is 0. The molecular formula is C15H13F3O2. The topological polar surface area (TPSA) is 37.3 Å². The van der Waals surface area contributed by atoms with Gasteiger partial charge in [-0.25, -0.2) is 0 Å². The normalized spacial score (nSPS) is 29.4. The number of carboxylic acid groups (broad SMARTS) is 1. The zero-order valence-corrected chi connectivity index (χ0v) is 10.7. The van der Waals surface area contributed by atoms with Crippen molar-refractivity contribution in [2.24, 2.45) is 5.41 Å². The Morgan fingerprint density at radius 2 is 1.55 bits per heavy atom. The maximum atomic E-state index is 12.9. The van der Waals surface area contributed by atoms with E-state index in [1.165, 1.54) is 0 Å². The number of benzene rings is 1. The van der Waals surface area contributed by atoms with Crippen molar-refractivity contribution in [3.63, 3.8) is 0 Å². The summed E-state index contributed by atoms with van der Waals surface area (Å²) in [5, 5.41) is 9.43. The molecule has 20 heavy (non-hydrogen) atoms. The molecule has 2 rings (SSSR count). The molecule has 2 nitrogen and oxygen atoms in total. The van der Waals surface area contributed by atoms with E-state index in [9.17, 15) is 23.1 Å². The predicted molar refractivity (Wildman–Crippen MR) is 68.2 cm³/mol. The molecule has 0 atom stereocenters. The Bertz CT molecular complexity index is 557. The van der Waals surface area contributed by atoms with Crippen LogP contribution in [0.5, 0.6) is 0 Å². The average Bonchev–Trinajstić information content (AvgIpc) is 2.39. The fourth-order valence-corrected chi connectivity index (χ4v) is 2.08. The van der Waals surface area contributed by atoms with Crippen LogP contribution in [-0.2, 0) is 10.2 Å². The van der Waals surface area contributed by atoms with Crippen molar-refractivity contribution in [1.29, 1.82) is 0 Å². The van der Waals surface area contributed by atoms with E-state index in [1.807, 2.05) is 0 Å². The Kier molecular flexibility index (Phi) is 3.24. The molecule has 0 heterocycles. The molecule has 5 heteroatoms. The standard InChI is InChI=1S/C15H13F3O2/c1-13(15(16,17)18)7-9-14(10-8-13,12(19)20)11-5-3-2-4-6-11/h2-10H,1H3,(H,19,20). The monoisotopic (exact) mass is 282 g/mol. The molecule has 1 aromatic rings. The van der Waals surface area contributed by atoms with Gasteiger partial charge in [-0.3, -0.25) is 4.79 Å². The second-order valence-corrected chi connectivity index (χ2v) is 4.99. The van der Waals surface area contributed by atoms with Crippen LogP contribution in [0.4, 0.5) is 13.2 Å². The van der Waals surface area contributed by atoms with Crippen molar-refractivity contribution in [3.05, 3.63) is 60.2 Å². The smallest absolute Gasteiger partial charge is 0.400 e. The van der Waals surface area contributed by atoms with Crippen LogP contribution in [0.25, 0.3) is 0 Å². The van der Waals surface area contributed by atoms with E-state index < -0.39 is 23.0 Å². The van der Waals surface area contributed by atoms with Crippen LogP contribution >= 0.6 is 0 Å². The summed E-state index contributed by atoms with van der Waals surface area (Å²) in [5.41, 5.74) is -3.27. The molecule has 0 radical (unpaired) electrons. The third-order valence-corrected chi connectivity index (χ3v) is 3.60. The van der Waals surface area contributed by atoms with Crippen molar-refractivity contribution < 1.29 is 23.1 Å². The zero-order chi connectivity index (χ0) is 15.0. The van der Waals surface area contributed by atoms with Gasteiger partial charge in [0, 0.05) is 0 Å². The minimum Gasteiger partial charge on any atom is -0.480 e. The van der Waals surface area contributed by atoms with Crippen LogP contribution in [0.2, 0.25) is 0 Å². The lowest BCUT2D eigenvalue weighted by atomic mass is 9.72. The molecule has 1 aliphatic rings. The highest BCUT2D eigenvalue weighted by molar-refractivity contribution is 5.87. The molecule has 0 fully saturated rings. The van der Waals surface area contributed by atoms with Crippen LogP contribution in [0.3, 0.4) is 0 Å². The number of carboxylic acids is 1. The second kappa shape index (κ2) is 4.51. The molecule has 106 valence electrons. The summed E-state index contributed by atoms with van der Waals surface area (Å²) in [6.07, 6.45) is -0.417. The first-order chi connectivity index (χ1) is 9.21. The Labute approximate surface area is 114 Å². The Morgan fingerprint density at radius 1 is 1.05 bits per heavy atom. The van der Waals surface area contributed by atoms with Crippen molar-refractivity contribution in [3.8, 4) is 0 Å². The van der Waals surface area contributed by atoms with Gasteiger partial charge in [0.15, 0.2) is 0 Å². The van der Waals surface area contributed by atoms with E-state index in [0.717, 1.165) is 31.2 Å². The lowest BCUT2D eigenvalue weighted by Crippen LogP contribution is -2.39. The fourth-order valence-electron chi connectivity index (χ4n) is 2.08. The van der Waals surface area contributed by atoms with E-state index in [-0.39, 0.29) is 0 Å². The molecule has 1 aromatic carbocycles. The first-order valence-corrected chi connectivity index (χ1v) is 5.98. The minimum atomic E-state index is -4.46. The Hall–Kier alpha value is -2.04.